The second-order valence-electron chi connectivity index (χ2n) is 10.2. The van der Waals surface area contributed by atoms with Crippen LogP contribution in [0.4, 0.5) is 22.0 Å². The monoisotopic (exact) mass is 668 g/mol. The Hall–Kier alpha value is -3.63. The Balaban J connectivity index is 2.17. The van der Waals surface area contributed by atoms with E-state index in [9.17, 15) is 4.39 Å². The van der Waals surface area contributed by atoms with Gasteiger partial charge in [0.05, 0.1) is 0 Å². The summed E-state index contributed by atoms with van der Waals surface area (Å²) in [6, 6.07) is 29.3. The summed E-state index contributed by atoms with van der Waals surface area (Å²) in [5.41, 5.74) is 1.29. The molecule has 0 fully saturated rings. The van der Waals surface area contributed by atoms with Gasteiger partial charge in [-0.05, 0) is 0 Å². The van der Waals surface area contributed by atoms with Crippen LogP contribution in [0, 0.1) is 44.0 Å². The van der Waals surface area contributed by atoms with Crippen LogP contribution in [0.15, 0.2) is 103 Å². The van der Waals surface area contributed by atoms with Gasteiger partial charge in [0.15, 0.2) is 0 Å². The summed E-state index contributed by atoms with van der Waals surface area (Å²) < 4.78 is 85.7. The Morgan fingerprint density at radius 3 is 1.22 bits per heavy atom. The maximum absolute atomic E-state index is 16.6. The maximum atomic E-state index is 16.6. The molecule has 0 unspecified atom stereocenters. The number of rotatable bonds is 7. The average Bonchev–Trinajstić information content (AvgIpc) is 2.98. The molecule has 0 aliphatic heterocycles. The molecule has 0 amide bonds. The summed E-state index contributed by atoms with van der Waals surface area (Å²) >= 11 is -6.52. The topological polar surface area (TPSA) is 9.23 Å². The zero-order chi connectivity index (χ0) is 29.4. The predicted octanol–water partition coefficient (Wildman–Crippen LogP) is 6.54. The third-order valence-corrected chi connectivity index (χ3v) is 23.7. The van der Waals surface area contributed by atoms with Crippen LogP contribution in [-0.4, -0.2) is 17.8 Å². The number of halogens is 5. The first kappa shape index (κ1) is 28.9. The molecule has 41 heavy (non-hydrogen) atoms. The SMILES string of the molecule is Cc1cc[c]([Sb]([O]c2ccccc2)([c]2ccc(C)cc2)([c]2ccc(C)cc2)[c]2c(F)c(F)c(CF)c(F)c2F)cc1. The van der Waals surface area contributed by atoms with Crippen molar-refractivity contribution in [2.75, 3.05) is 0 Å². The van der Waals surface area contributed by atoms with Crippen LogP contribution in [0.3, 0.4) is 0 Å². The Kier molecular flexibility index (Phi) is 7.73. The molecule has 0 atom stereocenters. The molecule has 210 valence electrons. The fraction of sp³-hybridized carbons (Fsp3) is 0.118. The Labute approximate surface area is 237 Å². The van der Waals surface area contributed by atoms with Crippen LogP contribution in [-0.2, 0) is 6.67 Å². The van der Waals surface area contributed by atoms with Gasteiger partial charge in [-0.2, -0.15) is 0 Å². The quantitative estimate of drug-likeness (QED) is 0.109. The van der Waals surface area contributed by atoms with Crippen molar-refractivity contribution in [2.45, 2.75) is 27.4 Å². The molecular formula is C34H28F5OSb. The molecule has 0 saturated carbocycles. The van der Waals surface area contributed by atoms with Gasteiger partial charge in [-0.1, -0.05) is 0 Å². The molecule has 0 radical (unpaired) electrons. The van der Waals surface area contributed by atoms with Gasteiger partial charge in [-0.3, -0.25) is 0 Å². The Bertz CT molecular complexity index is 1560. The van der Waals surface area contributed by atoms with Gasteiger partial charge >= 0.3 is 239 Å². The number of alkyl halides is 1. The van der Waals surface area contributed by atoms with E-state index in [1.807, 2.05) is 20.8 Å². The van der Waals surface area contributed by atoms with Gasteiger partial charge in [0, 0.05) is 0 Å². The van der Waals surface area contributed by atoms with Crippen LogP contribution in [0.25, 0.3) is 0 Å². The molecule has 5 aromatic carbocycles. The van der Waals surface area contributed by atoms with E-state index in [2.05, 4.69) is 0 Å². The first-order valence-corrected chi connectivity index (χ1v) is 19.2. The van der Waals surface area contributed by atoms with Crippen LogP contribution >= 0.6 is 0 Å². The molecule has 0 aliphatic rings. The number of hydrogen-bond donors (Lipinski definition) is 0. The zero-order valence-corrected chi connectivity index (χ0v) is 25.3. The first-order chi connectivity index (χ1) is 19.6. The molecule has 7 heteroatoms. The molecule has 0 saturated heterocycles. The van der Waals surface area contributed by atoms with Crippen LogP contribution in [0.1, 0.15) is 22.3 Å². The van der Waals surface area contributed by atoms with E-state index in [0.29, 0.717) is 10.5 Å². The molecule has 0 aliphatic carbocycles. The van der Waals surface area contributed by atoms with Crippen molar-refractivity contribution in [3.05, 3.63) is 149 Å². The molecule has 0 bridgehead atoms. The van der Waals surface area contributed by atoms with Crippen LogP contribution in [0.2, 0.25) is 0 Å². The van der Waals surface area contributed by atoms with E-state index in [-0.39, 0.29) is 5.75 Å². The van der Waals surface area contributed by atoms with Gasteiger partial charge in [-0.25, -0.2) is 0 Å². The van der Waals surface area contributed by atoms with Crippen molar-refractivity contribution in [1.82, 2.24) is 0 Å². The van der Waals surface area contributed by atoms with Crippen molar-refractivity contribution in [3.8, 4) is 5.75 Å². The van der Waals surface area contributed by atoms with E-state index in [1.54, 1.807) is 103 Å². The fourth-order valence-electron chi connectivity index (χ4n) is 5.38. The van der Waals surface area contributed by atoms with E-state index in [4.69, 9.17) is 3.02 Å². The molecular weight excluding hydrogens is 641 g/mol. The van der Waals surface area contributed by atoms with Crippen molar-refractivity contribution in [1.29, 1.82) is 0 Å². The molecule has 0 aromatic heterocycles. The molecule has 0 heterocycles. The summed E-state index contributed by atoms with van der Waals surface area (Å²) in [6.07, 6.45) is 0. The average molecular weight is 669 g/mol. The van der Waals surface area contributed by atoms with Gasteiger partial charge < -0.3 is 0 Å². The molecule has 5 rings (SSSR count). The van der Waals surface area contributed by atoms with Crippen molar-refractivity contribution < 1.29 is 25.0 Å². The summed E-state index contributed by atoms with van der Waals surface area (Å²) in [5, 5.41) is 0. The Morgan fingerprint density at radius 2 is 0.878 bits per heavy atom. The second-order valence-corrected chi connectivity index (χ2v) is 22.3. The van der Waals surface area contributed by atoms with Gasteiger partial charge in [0.2, 0.25) is 0 Å². The van der Waals surface area contributed by atoms with Crippen molar-refractivity contribution in [2.24, 2.45) is 0 Å². The third-order valence-electron chi connectivity index (χ3n) is 7.50. The summed E-state index contributed by atoms with van der Waals surface area (Å²) in [6.45, 7) is 3.87. The van der Waals surface area contributed by atoms with E-state index in [1.165, 1.54) is 0 Å². The van der Waals surface area contributed by atoms with Gasteiger partial charge in [-0.15, -0.1) is 0 Å². The normalized spacial score (nSPS) is 12.5. The molecule has 0 spiro atoms. The zero-order valence-electron chi connectivity index (χ0n) is 22.8. The Morgan fingerprint density at radius 1 is 0.512 bits per heavy atom. The van der Waals surface area contributed by atoms with Crippen LogP contribution in [0.5, 0.6) is 5.75 Å². The fourth-order valence-corrected chi connectivity index (χ4v) is 21.7. The standard InChI is InChI=1S/C7H2F5.3C7H7.C6H6O.Sb/c8-2-3-6(11)4(9)1-5(10)7(3)12;3*1-7-5-3-2-4-6-7;7-6-4-2-1-3-5-6;/h2H2;3*3-6H,1H3;1-5,7H;/q;;;;;+1/p-1. The summed E-state index contributed by atoms with van der Waals surface area (Å²) in [4.78, 5) is 0. The molecule has 1 nitrogen and oxygen atoms in total. The molecule has 5 aromatic rings. The minimum absolute atomic E-state index is 0.255. The van der Waals surface area contributed by atoms with E-state index >= 15 is 17.6 Å². The molecule has 0 N–H and O–H groups in total. The van der Waals surface area contributed by atoms with Crippen LogP contribution < -0.4 is 17.1 Å². The minimum atomic E-state index is -6.52. The summed E-state index contributed by atoms with van der Waals surface area (Å²) in [5.74, 6) is -6.64. The number of benzene rings is 5. The number of para-hydroxylation sites is 1. The van der Waals surface area contributed by atoms with Gasteiger partial charge in [0.1, 0.15) is 0 Å². The summed E-state index contributed by atoms with van der Waals surface area (Å²) in [7, 11) is 0. The number of aryl methyl sites for hydroxylation is 3. The second kappa shape index (κ2) is 11.0. The van der Waals surface area contributed by atoms with Gasteiger partial charge in [0.25, 0.3) is 0 Å². The van der Waals surface area contributed by atoms with Crippen molar-refractivity contribution >= 4 is 31.9 Å². The van der Waals surface area contributed by atoms with E-state index < -0.39 is 56.8 Å². The number of hydrogen-bond acceptors (Lipinski definition) is 1. The first-order valence-electron chi connectivity index (χ1n) is 13.0. The predicted molar refractivity (Wildman–Crippen MR) is 156 cm³/mol. The van der Waals surface area contributed by atoms with Crippen molar-refractivity contribution in [3.63, 3.8) is 0 Å². The van der Waals surface area contributed by atoms with E-state index in [0.717, 1.165) is 16.7 Å². The third kappa shape index (κ3) is 4.44.